The SMILES string of the molecule is NC(=O)C12CC3CC(CC(C3)C1)C2.Nc1nc(C(F)(F)F)cs1. The summed E-state index contributed by atoms with van der Waals surface area (Å²) in [7, 11) is 0. The third-order valence-corrected chi connectivity index (χ3v) is 6.05. The Balaban J connectivity index is 0.000000142. The second kappa shape index (κ2) is 5.65. The van der Waals surface area contributed by atoms with E-state index in [1.807, 2.05) is 0 Å². The van der Waals surface area contributed by atoms with E-state index in [0.29, 0.717) is 0 Å². The van der Waals surface area contributed by atoms with Gasteiger partial charge in [-0.1, -0.05) is 0 Å². The number of carbonyl (C=O) groups is 1. The molecule has 0 aliphatic heterocycles. The lowest BCUT2D eigenvalue weighted by molar-refractivity contribution is -0.142. The first-order chi connectivity index (χ1) is 10.7. The number of nitrogens with two attached hydrogens (primary N) is 2. The maximum absolute atomic E-state index is 11.7. The molecule has 1 amide bonds. The molecular formula is C15H20F3N3OS. The van der Waals surface area contributed by atoms with Gasteiger partial charge in [-0.15, -0.1) is 11.3 Å². The van der Waals surface area contributed by atoms with Gasteiger partial charge in [0.05, 0.1) is 0 Å². The van der Waals surface area contributed by atoms with Gasteiger partial charge in [-0.2, -0.15) is 13.2 Å². The van der Waals surface area contributed by atoms with E-state index in [2.05, 4.69) is 4.98 Å². The number of halogens is 3. The van der Waals surface area contributed by atoms with Crippen molar-refractivity contribution in [3.05, 3.63) is 11.1 Å². The average Bonchev–Trinajstić information content (AvgIpc) is 2.84. The van der Waals surface area contributed by atoms with Crippen LogP contribution in [0.4, 0.5) is 18.3 Å². The third-order valence-electron chi connectivity index (χ3n) is 5.37. The lowest BCUT2D eigenvalue weighted by Crippen LogP contribution is -2.52. The lowest BCUT2D eigenvalue weighted by atomic mass is 9.49. The topological polar surface area (TPSA) is 82.0 Å². The quantitative estimate of drug-likeness (QED) is 0.816. The first-order valence-corrected chi connectivity index (χ1v) is 8.64. The minimum atomic E-state index is -4.37. The summed E-state index contributed by atoms with van der Waals surface area (Å²) in [6, 6.07) is 0. The summed E-state index contributed by atoms with van der Waals surface area (Å²) in [4.78, 5) is 14.5. The Bertz CT molecular complexity index is 564. The Morgan fingerprint density at radius 1 is 1.17 bits per heavy atom. The zero-order chi connectivity index (χ0) is 16.8. The van der Waals surface area contributed by atoms with Gasteiger partial charge < -0.3 is 11.5 Å². The van der Waals surface area contributed by atoms with Crippen LogP contribution in [0.25, 0.3) is 0 Å². The van der Waals surface area contributed by atoms with Gasteiger partial charge in [0.25, 0.3) is 0 Å². The first kappa shape index (κ1) is 16.5. The summed E-state index contributed by atoms with van der Waals surface area (Å²) >= 11 is 0.778. The molecule has 0 atom stereocenters. The molecule has 1 aromatic heterocycles. The number of hydrogen-bond donors (Lipinski definition) is 2. The largest absolute Gasteiger partial charge is 0.434 e. The van der Waals surface area contributed by atoms with Crippen molar-refractivity contribution in [3.63, 3.8) is 0 Å². The second-order valence-electron chi connectivity index (χ2n) is 7.13. The molecule has 0 unspecified atom stereocenters. The molecule has 5 rings (SSSR count). The lowest BCUT2D eigenvalue weighted by Gasteiger charge is -2.55. The molecule has 0 spiro atoms. The molecular weight excluding hydrogens is 327 g/mol. The monoisotopic (exact) mass is 347 g/mol. The van der Waals surface area contributed by atoms with Crippen LogP contribution >= 0.6 is 11.3 Å². The number of nitrogens with zero attached hydrogens (tertiary/aromatic N) is 1. The van der Waals surface area contributed by atoms with E-state index >= 15 is 0 Å². The molecule has 4 bridgehead atoms. The molecule has 4 fully saturated rings. The molecule has 0 radical (unpaired) electrons. The van der Waals surface area contributed by atoms with Crippen molar-refractivity contribution in [1.82, 2.24) is 4.98 Å². The van der Waals surface area contributed by atoms with Crippen molar-refractivity contribution in [2.75, 3.05) is 5.73 Å². The molecule has 0 aromatic carbocycles. The van der Waals surface area contributed by atoms with Crippen LogP contribution in [0.2, 0.25) is 0 Å². The van der Waals surface area contributed by atoms with Gasteiger partial charge >= 0.3 is 6.18 Å². The standard InChI is InChI=1S/C11H17NO.C4H3F3N2S/c12-10(13)11-4-7-1-8(5-11)3-9(2-7)6-11;5-4(6,7)2-1-10-3(8)9-2/h7-9H,1-6H2,(H2,12,13);1H,(H2,8,9). The Morgan fingerprint density at radius 3 is 1.91 bits per heavy atom. The molecule has 4 N–H and O–H groups in total. The Labute approximate surface area is 136 Å². The first-order valence-electron chi connectivity index (χ1n) is 7.76. The zero-order valence-electron chi connectivity index (χ0n) is 12.6. The highest BCUT2D eigenvalue weighted by molar-refractivity contribution is 7.13. The van der Waals surface area contributed by atoms with Gasteiger partial charge in [-0.25, -0.2) is 4.98 Å². The molecule has 4 saturated carbocycles. The van der Waals surface area contributed by atoms with Gasteiger partial charge in [-0.05, 0) is 56.3 Å². The maximum atomic E-state index is 11.7. The van der Waals surface area contributed by atoms with Gasteiger partial charge in [-0.3, -0.25) is 4.79 Å². The van der Waals surface area contributed by atoms with Gasteiger partial charge in [0, 0.05) is 10.8 Å². The van der Waals surface area contributed by atoms with E-state index in [4.69, 9.17) is 11.5 Å². The summed E-state index contributed by atoms with van der Waals surface area (Å²) in [5, 5.41) is 0.822. The van der Waals surface area contributed by atoms with E-state index in [1.165, 1.54) is 19.3 Å². The minimum absolute atomic E-state index is 0.00778. The number of nitrogen functional groups attached to an aromatic ring is 1. The number of primary amides is 1. The highest BCUT2D eigenvalue weighted by atomic mass is 32.1. The number of hydrogen-bond acceptors (Lipinski definition) is 4. The highest BCUT2D eigenvalue weighted by Crippen LogP contribution is 2.59. The van der Waals surface area contributed by atoms with Crippen LogP contribution in [0.15, 0.2) is 5.38 Å². The Hall–Kier alpha value is -1.31. The average molecular weight is 347 g/mol. The molecule has 1 heterocycles. The number of amides is 1. The van der Waals surface area contributed by atoms with Crippen LogP contribution in [-0.2, 0) is 11.0 Å². The predicted octanol–water partition coefficient (Wildman–Crippen LogP) is 3.43. The van der Waals surface area contributed by atoms with Crippen LogP contribution in [0, 0.1) is 23.2 Å². The Kier molecular flexibility index (Phi) is 4.06. The van der Waals surface area contributed by atoms with Crippen LogP contribution < -0.4 is 11.5 Å². The number of rotatable bonds is 1. The fourth-order valence-corrected chi connectivity index (χ4v) is 5.40. The minimum Gasteiger partial charge on any atom is -0.375 e. The molecule has 23 heavy (non-hydrogen) atoms. The van der Waals surface area contributed by atoms with Crippen molar-refractivity contribution in [3.8, 4) is 0 Å². The summed E-state index contributed by atoms with van der Waals surface area (Å²) in [6.45, 7) is 0. The molecule has 4 aliphatic rings. The van der Waals surface area contributed by atoms with E-state index in [-0.39, 0.29) is 16.5 Å². The van der Waals surface area contributed by atoms with Crippen molar-refractivity contribution in [2.45, 2.75) is 44.7 Å². The van der Waals surface area contributed by atoms with Gasteiger partial charge in [0.2, 0.25) is 5.91 Å². The maximum Gasteiger partial charge on any atom is 0.434 e. The molecule has 8 heteroatoms. The summed E-state index contributed by atoms with van der Waals surface area (Å²) in [5.74, 6) is 2.49. The smallest absolute Gasteiger partial charge is 0.375 e. The summed E-state index contributed by atoms with van der Waals surface area (Å²) in [6.07, 6.45) is 3.09. The van der Waals surface area contributed by atoms with Crippen LogP contribution in [0.3, 0.4) is 0 Å². The molecule has 4 aliphatic carbocycles. The molecule has 128 valence electrons. The fraction of sp³-hybridized carbons (Fsp3) is 0.733. The number of carbonyl (C=O) groups excluding carboxylic acids is 1. The zero-order valence-corrected chi connectivity index (χ0v) is 13.4. The Morgan fingerprint density at radius 2 is 1.65 bits per heavy atom. The van der Waals surface area contributed by atoms with Crippen LogP contribution in [-0.4, -0.2) is 10.9 Å². The predicted molar refractivity (Wildman–Crippen MR) is 81.3 cm³/mol. The number of alkyl halides is 3. The molecule has 4 nitrogen and oxygen atoms in total. The number of thiazole rings is 1. The van der Waals surface area contributed by atoms with E-state index in [1.54, 1.807) is 0 Å². The summed E-state index contributed by atoms with van der Waals surface area (Å²) < 4.78 is 35.1. The van der Waals surface area contributed by atoms with Crippen molar-refractivity contribution in [1.29, 1.82) is 0 Å². The molecule has 0 saturated heterocycles. The second-order valence-corrected chi connectivity index (χ2v) is 8.02. The van der Waals surface area contributed by atoms with Crippen molar-refractivity contribution >= 4 is 22.4 Å². The highest BCUT2D eigenvalue weighted by Gasteiger charge is 2.53. The van der Waals surface area contributed by atoms with Crippen LogP contribution in [0.1, 0.15) is 44.2 Å². The van der Waals surface area contributed by atoms with Crippen molar-refractivity contribution < 1.29 is 18.0 Å². The molecule has 1 aromatic rings. The van der Waals surface area contributed by atoms with Crippen molar-refractivity contribution in [2.24, 2.45) is 28.9 Å². The van der Waals surface area contributed by atoms with Crippen LogP contribution in [0.5, 0.6) is 0 Å². The fourth-order valence-electron chi connectivity index (χ4n) is 4.83. The normalized spacial score (nSPS) is 34.8. The number of anilines is 1. The number of aromatic nitrogens is 1. The summed E-state index contributed by atoms with van der Waals surface area (Å²) in [5.41, 5.74) is 9.55. The van der Waals surface area contributed by atoms with Gasteiger partial charge in [0.1, 0.15) is 0 Å². The van der Waals surface area contributed by atoms with E-state index in [0.717, 1.165) is 53.7 Å². The van der Waals surface area contributed by atoms with E-state index < -0.39 is 11.9 Å². The van der Waals surface area contributed by atoms with E-state index in [9.17, 15) is 18.0 Å². The van der Waals surface area contributed by atoms with Gasteiger partial charge in [0.15, 0.2) is 10.8 Å². The third kappa shape index (κ3) is 3.32.